The highest BCUT2D eigenvalue weighted by atomic mass is 16.5. The summed E-state index contributed by atoms with van der Waals surface area (Å²) in [6.45, 7) is 3.56. The Kier molecular flexibility index (Phi) is 4.56. The van der Waals surface area contributed by atoms with Gasteiger partial charge in [-0.05, 0) is 24.6 Å². The van der Waals surface area contributed by atoms with Crippen molar-refractivity contribution in [1.29, 1.82) is 0 Å². The van der Waals surface area contributed by atoms with Gasteiger partial charge in [0.05, 0.1) is 5.69 Å². The Morgan fingerprint density at radius 3 is 2.71 bits per heavy atom. The monoisotopic (exact) mass is 323 g/mol. The van der Waals surface area contributed by atoms with E-state index in [0.29, 0.717) is 23.2 Å². The molecule has 1 amide bonds. The molecule has 1 heterocycles. The molecule has 0 unspecified atom stereocenters. The van der Waals surface area contributed by atoms with Crippen LogP contribution in [0.1, 0.15) is 18.4 Å². The number of carbonyl (C=O) groups excluding carboxylic acids is 1. The van der Waals surface area contributed by atoms with Crippen molar-refractivity contribution in [2.24, 2.45) is 0 Å². The maximum atomic E-state index is 11.2. The van der Waals surface area contributed by atoms with Gasteiger partial charge in [0, 0.05) is 12.5 Å². The number of ether oxygens (including phenoxy) is 1. The maximum Gasteiger partial charge on any atom is 0.264 e. The molecule has 0 saturated carbocycles. The second-order valence-corrected chi connectivity index (χ2v) is 5.29. The van der Waals surface area contributed by atoms with Gasteiger partial charge in [-0.15, -0.1) is 0 Å². The third-order valence-corrected chi connectivity index (χ3v) is 3.40. The second-order valence-electron chi connectivity index (χ2n) is 5.29. The number of hydrogen-bond donors (Lipinski definition) is 1. The first-order chi connectivity index (χ1) is 11.6. The fourth-order valence-corrected chi connectivity index (χ4v) is 2.27. The van der Waals surface area contributed by atoms with E-state index in [9.17, 15) is 4.79 Å². The molecule has 3 rings (SSSR count). The molecular weight excluding hydrogens is 306 g/mol. The molecule has 1 N–H and O–H groups in total. The Morgan fingerprint density at radius 1 is 1.17 bits per heavy atom. The van der Waals surface area contributed by atoms with Crippen LogP contribution in [0.5, 0.6) is 5.75 Å². The number of carbonyl (C=O) groups is 1. The number of aryl methyl sites for hydroxylation is 1. The van der Waals surface area contributed by atoms with E-state index in [2.05, 4.69) is 15.5 Å². The van der Waals surface area contributed by atoms with Gasteiger partial charge in [0.15, 0.2) is 6.61 Å². The summed E-state index contributed by atoms with van der Waals surface area (Å²) in [4.78, 5) is 15.6. The van der Waals surface area contributed by atoms with E-state index in [4.69, 9.17) is 9.26 Å². The molecule has 0 aliphatic heterocycles. The molecule has 0 saturated heterocycles. The standard InChI is InChI=1S/C18H17N3O3/c1-12-7-3-4-8-14(12)18-20-17(24-21-18)11-23-16-10-6-5-9-15(16)19-13(2)22/h3-10H,11H2,1-2H3,(H,19,22). The lowest BCUT2D eigenvalue weighted by Gasteiger charge is -2.09. The third-order valence-electron chi connectivity index (χ3n) is 3.40. The lowest BCUT2D eigenvalue weighted by Crippen LogP contribution is -2.07. The minimum absolute atomic E-state index is 0.121. The average Bonchev–Trinajstić information content (AvgIpc) is 3.03. The van der Waals surface area contributed by atoms with Gasteiger partial charge >= 0.3 is 0 Å². The Hall–Kier alpha value is -3.15. The topological polar surface area (TPSA) is 77.2 Å². The van der Waals surface area contributed by atoms with Gasteiger partial charge in [-0.1, -0.05) is 41.6 Å². The maximum absolute atomic E-state index is 11.2. The van der Waals surface area contributed by atoms with Gasteiger partial charge in [-0.2, -0.15) is 4.98 Å². The van der Waals surface area contributed by atoms with Crippen LogP contribution < -0.4 is 10.1 Å². The molecule has 0 aliphatic rings. The van der Waals surface area contributed by atoms with Crippen LogP contribution in [0, 0.1) is 6.92 Å². The molecule has 24 heavy (non-hydrogen) atoms. The molecule has 0 fully saturated rings. The Balaban J connectivity index is 1.73. The van der Waals surface area contributed by atoms with Crippen LogP contribution in [0.2, 0.25) is 0 Å². The Morgan fingerprint density at radius 2 is 1.92 bits per heavy atom. The first-order valence-electron chi connectivity index (χ1n) is 7.51. The molecule has 3 aromatic rings. The predicted molar refractivity (Wildman–Crippen MR) is 89.5 cm³/mol. The minimum atomic E-state index is -0.161. The van der Waals surface area contributed by atoms with Crippen LogP contribution in [0.25, 0.3) is 11.4 Å². The Bertz CT molecular complexity index is 858. The van der Waals surface area contributed by atoms with Crippen molar-refractivity contribution in [3.8, 4) is 17.1 Å². The average molecular weight is 323 g/mol. The lowest BCUT2D eigenvalue weighted by atomic mass is 10.1. The summed E-state index contributed by atoms with van der Waals surface area (Å²) in [5, 5.41) is 6.71. The van der Waals surface area contributed by atoms with Crippen LogP contribution in [-0.2, 0) is 11.4 Å². The van der Waals surface area contributed by atoms with Gasteiger partial charge in [-0.25, -0.2) is 0 Å². The first kappa shape index (κ1) is 15.7. The quantitative estimate of drug-likeness (QED) is 0.776. The fourth-order valence-electron chi connectivity index (χ4n) is 2.27. The van der Waals surface area contributed by atoms with Crippen LogP contribution in [0.15, 0.2) is 53.1 Å². The SMILES string of the molecule is CC(=O)Nc1ccccc1OCc1nc(-c2ccccc2C)no1. The highest BCUT2D eigenvalue weighted by molar-refractivity contribution is 5.90. The number of nitrogens with one attached hydrogen (secondary N) is 1. The van der Waals surface area contributed by atoms with Crippen LogP contribution in [-0.4, -0.2) is 16.0 Å². The van der Waals surface area contributed by atoms with E-state index < -0.39 is 0 Å². The number of para-hydroxylation sites is 2. The van der Waals surface area contributed by atoms with E-state index in [0.717, 1.165) is 11.1 Å². The summed E-state index contributed by atoms with van der Waals surface area (Å²) in [6, 6.07) is 15.0. The summed E-state index contributed by atoms with van der Waals surface area (Å²) in [5.41, 5.74) is 2.59. The van der Waals surface area contributed by atoms with Crippen molar-refractivity contribution in [3.05, 3.63) is 60.0 Å². The largest absolute Gasteiger partial charge is 0.482 e. The number of rotatable bonds is 5. The number of benzene rings is 2. The molecule has 0 atom stereocenters. The van der Waals surface area contributed by atoms with E-state index in [-0.39, 0.29) is 12.5 Å². The molecule has 6 nitrogen and oxygen atoms in total. The van der Waals surface area contributed by atoms with Crippen molar-refractivity contribution < 1.29 is 14.1 Å². The normalized spacial score (nSPS) is 10.4. The number of aromatic nitrogens is 2. The van der Waals surface area contributed by atoms with Crippen LogP contribution >= 0.6 is 0 Å². The van der Waals surface area contributed by atoms with Crippen molar-refractivity contribution in [3.63, 3.8) is 0 Å². The number of amides is 1. The van der Waals surface area contributed by atoms with Gasteiger partial charge in [0.1, 0.15) is 5.75 Å². The zero-order chi connectivity index (χ0) is 16.9. The first-order valence-corrected chi connectivity index (χ1v) is 7.51. The van der Waals surface area contributed by atoms with Gasteiger partial charge in [-0.3, -0.25) is 4.79 Å². The van der Waals surface area contributed by atoms with Crippen molar-refractivity contribution in [2.75, 3.05) is 5.32 Å². The lowest BCUT2D eigenvalue weighted by molar-refractivity contribution is -0.114. The number of nitrogens with zero attached hydrogens (tertiary/aromatic N) is 2. The van der Waals surface area contributed by atoms with Crippen molar-refractivity contribution >= 4 is 11.6 Å². The highest BCUT2D eigenvalue weighted by Crippen LogP contribution is 2.25. The Labute approximate surface area is 139 Å². The molecule has 122 valence electrons. The van der Waals surface area contributed by atoms with Gasteiger partial charge < -0.3 is 14.6 Å². The molecular formula is C18H17N3O3. The zero-order valence-electron chi connectivity index (χ0n) is 13.4. The molecule has 0 radical (unpaired) electrons. The zero-order valence-corrected chi connectivity index (χ0v) is 13.4. The number of anilines is 1. The molecule has 0 aliphatic carbocycles. The predicted octanol–water partition coefficient (Wildman–Crippen LogP) is 3.58. The van der Waals surface area contributed by atoms with Gasteiger partial charge in [0.25, 0.3) is 5.89 Å². The third kappa shape index (κ3) is 3.60. The summed E-state index contributed by atoms with van der Waals surface area (Å²) in [6.07, 6.45) is 0. The van der Waals surface area contributed by atoms with E-state index in [1.54, 1.807) is 12.1 Å². The molecule has 6 heteroatoms. The highest BCUT2D eigenvalue weighted by Gasteiger charge is 2.12. The van der Waals surface area contributed by atoms with E-state index in [1.807, 2.05) is 43.3 Å². The minimum Gasteiger partial charge on any atom is -0.482 e. The van der Waals surface area contributed by atoms with Crippen LogP contribution in [0.3, 0.4) is 0 Å². The molecule has 0 spiro atoms. The van der Waals surface area contributed by atoms with Crippen molar-refractivity contribution in [1.82, 2.24) is 10.1 Å². The summed E-state index contributed by atoms with van der Waals surface area (Å²) >= 11 is 0. The summed E-state index contributed by atoms with van der Waals surface area (Å²) in [5.74, 6) is 1.28. The molecule has 1 aromatic heterocycles. The number of hydrogen-bond acceptors (Lipinski definition) is 5. The van der Waals surface area contributed by atoms with E-state index in [1.165, 1.54) is 6.92 Å². The van der Waals surface area contributed by atoms with Gasteiger partial charge in [0.2, 0.25) is 11.7 Å². The summed E-state index contributed by atoms with van der Waals surface area (Å²) in [7, 11) is 0. The summed E-state index contributed by atoms with van der Waals surface area (Å²) < 4.78 is 10.9. The fraction of sp³-hybridized carbons (Fsp3) is 0.167. The molecule has 0 bridgehead atoms. The smallest absolute Gasteiger partial charge is 0.264 e. The second kappa shape index (κ2) is 6.95. The van der Waals surface area contributed by atoms with Crippen LogP contribution in [0.4, 0.5) is 5.69 Å². The molecule has 2 aromatic carbocycles. The van der Waals surface area contributed by atoms with E-state index >= 15 is 0 Å². The van der Waals surface area contributed by atoms with Crippen molar-refractivity contribution in [2.45, 2.75) is 20.5 Å².